The van der Waals surface area contributed by atoms with Gasteiger partial charge < -0.3 is 10.1 Å². The molecule has 3 heteroatoms. The summed E-state index contributed by atoms with van der Waals surface area (Å²) in [5, 5.41) is 3.11. The van der Waals surface area contributed by atoms with Gasteiger partial charge in [-0.2, -0.15) is 0 Å². The highest BCUT2D eigenvalue weighted by Gasteiger charge is 2.27. The second-order valence-electron chi connectivity index (χ2n) is 3.22. The van der Waals surface area contributed by atoms with E-state index in [-0.39, 0.29) is 12.0 Å². The third-order valence-electron chi connectivity index (χ3n) is 1.98. The number of hydrogen-bond acceptors (Lipinski definition) is 3. The smallest absolute Gasteiger partial charge is 0.323 e. The van der Waals surface area contributed by atoms with Crippen molar-refractivity contribution < 1.29 is 9.53 Å². The van der Waals surface area contributed by atoms with Gasteiger partial charge >= 0.3 is 5.97 Å². The molecular formula is C9H15NO2. The normalized spacial score (nSPS) is 28.4. The zero-order valence-electron chi connectivity index (χ0n) is 7.38. The summed E-state index contributed by atoms with van der Waals surface area (Å²) in [5.41, 5.74) is 0. The first-order chi connectivity index (χ1) is 5.74. The Morgan fingerprint density at radius 1 is 1.83 bits per heavy atom. The maximum Gasteiger partial charge on any atom is 0.323 e. The highest BCUT2D eigenvalue weighted by atomic mass is 16.5. The minimum Gasteiger partial charge on any atom is -0.460 e. The summed E-state index contributed by atoms with van der Waals surface area (Å²) in [5.74, 6) is 0.422. The van der Waals surface area contributed by atoms with Gasteiger partial charge in [0.25, 0.3) is 0 Å². The Kier molecular flexibility index (Phi) is 3.29. The molecule has 0 amide bonds. The maximum atomic E-state index is 11.2. The van der Waals surface area contributed by atoms with Crippen LogP contribution in [0.1, 0.15) is 13.3 Å². The third-order valence-corrected chi connectivity index (χ3v) is 1.98. The van der Waals surface area contributed by atoms with Gasteiger partial charge in [0, 0.05) is 0 Å². The number of esters is 1. The number of carbonyl (C=O) groups excluding carboxylic acids is 1. The molecule has 12 heavy (non-hydrogen) atoms. The Labute approximate surface area is 72.8 Å². The van der Waals surface area contributed by atoms with Crippen LogP contribution in [0.15, 0.2) is 12.7 Å². The highest BCUT2D eigenvalue weighted by Crippen LogP contribution is 2.13. The standard InChI is InChI=1S/C9H15NO2/c1-3-4-12-9(11)8-5-7(2)6-10-8/h3,7-8,10H,1,4-6H2,2H3/t7-,8+/m1/s1. The van der Waals surface area contributed by atoms with Crippen LogP contribution < -0.4 is 5.32 Å². The third kappa shape index (κ3) is 2.34. The molecule has 2 atom stereocenters. The molecule has 0 aliphatic carbocycles. The summed E-state index contributed by atoms with van der Waals surface area (Å²) < 4.78 is 4.90. The van der Waals surface area contributed by atoms with Gasteiger partial charge in [-0.05, 0) is 18.9 Å². The van der Waals surface area contributed by atoms with Gasteiger partial charge in [0.1, 0.15) is 12.6 Å². The fraction of sp³-hybridized carbons (Fsp3) is 0.667. The average Bonchev–Trinajstić information content (AvgIpc) is 2.47. The lowest BCUT2D eigenvalue weighted by Gasteiger charge is -2.08. The summed E-state index contributed by atoms with van der Waals surface area (Å²) in [6.45, 7) is 6.82. The minimum absolute atomic E-state index is 0.0973. The predicted octanol–water partition coefficient (Wildman–Crippen LogP) is 0.714. The summed E-state index contributed by atoms with van der Waals surface area (Å²) in [6.07, 6.45) is 2.46. The largest absolute Gasteiger partial charge is 0.460 e. The number of hydrogen-bond donors (Lipinski definition) is 1. The van der Waals surface area contributed by atoms with E-state index in [0.29, 0.717) is 12.5 Å². The van der Waals surface area contributed by atoms with Crippen molar-refractivity contribution in [2.24, 2.45) is 5.92 Å². The van der Waals surface area contributed by atoms with E-state index >= 15 is 0 Å². The Morgan fingerprint density at radius 3 is 3.08 bits per heavy atom. The lowest BCUT2D eigenvalue weighted by molar-refractivity contribution is -0.144. The van der Waals surface area contributed by atoms with Gasteiger partial charge in [-0.3, -0.25) is 4.79 Å². The van der Waals surface area contributed by atoms with Gasteiger partial charge in [-0.25, -0.2) is 0 Å². The molecule has 0 radical (unpaired) electrons. The summed E-state index contributed by atoms with van der Waals surface area (Å²) in [7, 11) is 0. The van der Waals surface area contributed by atoms with E-state index in [1.165, 1.54) is 0 Å². The van der Waals surface area contributed by atoms with Crippen molar-refractivity contribution in [1.82, 2.24) is 5.32 Å². The molecule has 0 aromatic rings. The van der Waals surface area contributed by atoms with Crippen LogP contribution in [0.3, 0.4) is 0 Å². The highest BCUT2D eigenvalue weighted by molar-refractivity contribution is 5.76. The topological polar surface area (TPSA) is 38.3 Å². The van der Waals surface area contributed by atoms with E-state index in [0.717, 1.165) is 13.0 Å². The Hall–Kier alpha value is -0.830. The SMILES string of the molecule is C=CCOC(=O)[C@@H]1C[C@@H](C)CN1. The van der Waals surface area contributed by atoms with Crippen LogP contribution in [-0.2, 0) is 9.53 Å². The molecule has 0 aromatic heterocycles. The molecule has 0 unspecified atom stereocenters. The van der Waals surface area contributed by atoms with Crippen LogP contribution in [0.25, 0.3) is 0 Å². The van der Waals surface area contributed by atoms with Crippen molar-refractivity contribution in [3.05, 3.63) is 12.7 Å². The number of nitrogens with one attached hydrogen (secondary N) is 1. The van der Waals surface area contributed by atoms with Crippen molar-refractivity contribution in [3.63, 3.8) is 0 Å². The maximum absolute atomic E-state index is 11.2. The molecule has 68 valence electrons. The number of rotatable bonds is 3. The quantitative estimate of drug-likeness (QED) is 0.499. The predicted molar refractivity (Wildman–Crippen MR) is 46.7 cm³/mol. The van der Waals surface area contributed by atoms with Gasteiger partial charge in [-0.15, -0.1) is 0 Å². The second-order valence-corrected chi connectivity index (χ2v) is 3.22. The van der Waals surface area contributed by atoms with E-state index in [4.69, 9.17) is 4.74 Å². The molecule has 1 saturated heterocycles. The van der Waals surface area contributed by atoms with Gasteiger partial charge in [0.05, 0.1) is 0 Å². The van der Waals surface area contributed by atoms with Crippen LogP contribution in [0, 0.1) is 5.92 Å². The summed E-state index contributed by atoms with van der Waals surface area (Å²) in [4.78, 5) is 11.2. The van der Waals surface area contributed by atoms with Crippen molar-refractivity contribution in [2.75, 3.05) is 13.2 Å². The van der Waals surface area contributed by atoms with E-state index < -0.39 is 0 Å². The molecule has 1 rings (SSSR count). The first-order valence-electron chi connectivity index (χ1n) is 4.25. The molecule has 0 spiro atoms. The van der Waals surface area contributed by atoms with Crippen molar-refractivity contribution >= 4 is 5.97 Å². The summed E-state index contributed by atoms with van der Waals surface area (Å²) in [6, 6.07) is -0.0973. The molecule has 1 fully saturated rings. The van der Waals surface area contributed by atoms with Crippen LogP contribution in [0.2, 0.25) is 0 Å². The van der Waals surface area contributed by atoms with E-state index in [9.17, 15) is 4.79 Å². The first-order valence-corrected chi connectivity index (χ1v) is 4.25. The van der Waals surface area contributed by atoms with Crippen molar-refractivity contribution in [3.8, 4) is 0 Å². The van der Waals surface area contributed by atoms with E-state index in [1.54, 1.807) is 6.08 Å². The Morgan fingerprint density at radius 2 is 2.58 bits per heavy atom. The molecule has 0 bridgehead atoms. The van der Waals surface area contributed by atoms with Crippen LogP contribution in [0.5, 0.6) is 0 Å². The van der Waals surface area contributed by atoms with Gasteiger partial charge in [-0.1, -0.05) is 19.6 Å². The molecule has 1 heterocycles. The molecular weight excluding hydrogens is 154 g/mol. The fourth-order valence-corrected chi connectivity index (χ4v) is 1.33. The minimum atomic E-state index is -0.153. The van der Waals surface area contributed by atoms with Crippen LogP contribution in [-0.4, -0.2) is 25.2 Å². The lowest BCUT2D eigenvalue weighted by Crippen LogP contribution is -2.32. The molecule has 1 N–H and O–H groups in total. The molecule has 1 aliphatic heterocycles. The van der Waals surface area contributed by atoms with Crippen molar-refractivity contribution in [1.29, 1.82) is 0 Å². The number of ether oxygens (including phenoxy) is 1. The molecule has 1 aliphatic rings. The van der Waals surface area contributed by atoms with E-state index in [2.05, 4.69) is 18.8 Å². The zero-order chi connectivity index (χ0) is 8.97. The average molecular weight is 169 g/mol. The first kappa shape index (κ1) is 9.26. The van der Waals surface area contributed by atoms with Gasteiger partial charge in [0.15, 0.2) is 0 Å². The fourth-order valence-electron chi connectivity index (χ4n) is 1.33. The van der Waals surface area contributed by atoms with E-state index in [1.807, 2.05) is 0 Å². The molecule has 0 saturated carbocycles. The molecule has 3 nitrogen and oxygen atoms in total. The number of carbonyl (C=O) groups is 1. The molecule has 0 aromatic carbocycles. The Balaban J connectivity index is 2.28. The lowest BCUT2D eigenvalue weighted by atomic mass is 10.1. The van der Waals surface area contributed by atoms with Crippen molar-refractivity contribution in [2.45, 2.75) is 19.4 Å². The zero-order valence-corrected chi connectivity index (χ0v) is 7.38. The monoisotopic (exact) mass is 169 g/mol. The van der Waals surface area contributed by atoms with Gasteiger partial charge in [0.2, 0.25) is 0 Å². The second kappa shape index (κ2) is 4.26. The van der Waals surface area contributed by atoms with Crippen LogP contribution >= 0.6 is 0 Å². The van der Waals surface area contributed by atoms with Crippen LogP contribution in [0.4, 0.5) is 0 Å². The Bertz CT molecular complexity index is 179. The summed E-state index contributed by atoms with van der Waals surface area (Å²) >= 11 is 0.